The second-order valence-electron chi connectivity index (χ2n) is 3.36. The van der Waals surface area contributed by atoms with Gasteiger partial charge in [-0.25, -0.2) is 0 Å². The lowest BCUT2D eigenvalue weighted by Gasteiger charge is -2.11. The van der Waals surface area contributed by atoms with Crippen molar-refractivity contribution in [2.24, 2.45) is 0 Å². The van der Waals surface area contributed by atoms with Crippen LogP contribution in [0.15, 0.2) is 29.2 Å². The fraction of sp³-hybridized carbons (Fsp3) is 0.308. The molecule has 1 N–H and O–H groups in total. The van der Waals surface area contributed by atoms with E-state index in [-0.39, 0.29) is 17.7 Å². The van der Waals surface area contributed by atoms with Crippen LogP contribution in [0.25, 0.3) is 0 Å². The van der Waals surface area contributed by atoms with Gasteiger partial charge in [-0.3, -0.25) is 4.79 Å². The zero-order chi connectivity index (χ0) is 12.7. The van der Waals surface area contributed by atoms with E-state index in [1.807, 2.05) is 31.2 Å². The first-order valence-electron chi connectivity index (χ1n) is 5.19. The van der Waals surface area contributed by atoms with Crippen molar-refractivity contribution in [2.45, 2.75) is 17.1 Å². The molecule has 0 radical (unpaired) electrons. The molecule has 0 aliphatic heterocycles. The Labute approximate surface area is 106 Å². The van der Waals surface area contributed by atoms with Gasteiger partial charge in [0.2, 0.25) is 5.91 Å². The molecule has 0 aliphatic rings. The third kappa shape index (κ3) is 4.41. The molecule has 0 aromatic heterocycles. The van der Waals surface area contributed by atoms with E-state index < -0.39 is 0 Å². The lowest BCUT2D eigenvalue weighted by Crippen LogP contribution is -2.30. The van der Waals surface area contributed by atoms with Gasteiger partial charge in [-0.2, -0.15) is 0 Å². The summed E-state index contributed by atoms with van der Waals surface area (Å²) in [6.45, 7) is 2.11. The molecule has 0 aliphatic carbocycles. The molecule has 1 aromatic carbocycles. The lowest BCUT2D eigenvalue weighted by atomic mass is 10.3. The highest BCUT2D eigenvalue weighted by Crippen LogP contribution is 2.26. The molecule has 17 heavy (non-hydrogen) atoms. The number of thioether (sulfide) groups is 1. The Balaban J connectivity index is 2.58. The Bertz CT molecular complexity index is 426. The van der Waals surface area contributed by atoms with Crippen molar-refractivity contribution in [1.82, 2.24) is 5.32 Å². The Morgan fingerprint density at radius 2 is 2.41 bits per heavy atom. The molecular formula is C13H15NO2S. The van der Waals surface area contributed by atoms with Crippen molar-refractivity contribution < 1.29 is 9.53 Å². The maximum Gasteiger partial charge on any atom is 0.233 e. The van der Waals surface area contributed by atoms with Crippen LogP contribution in [-0.2, 0) is 4.79 Å². The average Bonchev–Trinajstić information content (AvgIpc) is 2.36. The summed E-state index contributed by atoms with van der Waals surface area (Å²) in [6.07, 6.45) is 5.08. The number of hydrogen-bond donors (Lipinski definition) is 1. The molecular weight excluding hydrogens is 234 g/mol. The minimum atomic E-state index is -0.185. The van der Waals surface area contributed by atoms with Gasteiger partial charge in [0.15, 0.2) is 0 Å². The minimum Gasteiger partial charge on any atom is -0.497 e. The van der Waals surface area contributed by atoms with E-state index in [4.69, 9.17) is 11.2 Å². The van der Waals surface area contributed by atoms with Gasteiger partial charge < -0.3 is 10.1 Å². The summed E-state index contributed by atoms with van der Waals surface area (Å²) in [5.41, 5.74) is 0. The number of amides is 1. The molecule has 0 saturated heterocycles. The van der Waals surface area contributed by atoms with Crippen LogP contribution in [0.1, 0.15) is 6.92 Å². The molecule has 0 fully saturated rings. The number of carbonyl (C=O) groups is 1. The Hall–Kier alpha value is -1.60. The van der Waals surface area contributed by atoms with Crippen molar-refractivity contribution >= 4 is 17.7 Å². The van der Waals surface area contributed by atoms with Gasteiger partial charge in [-0.05, 0) is 25.1 Å². The second-order valence-corrected chi connectivity index (χ2v) is 4.78. The Kier molecular flexibility index (Phi) is 5.44. The summed E-state index contributed by atoms with van der Waals surface area (Å²) >= 11 is 1.47. The van der Waals surface area contributed by atoms with E-state index in [2.05, 4.69) is 11.2 Å². The van der Waals surface area contributed by atoms with E-state index in [0.717, 1.165) is 10.6 Å². The van der Waals surface area contributed by atoms with E-state index >= 15 is 0 Å². The standard InChI is InChI=1S/C13H15NO2S/c1-4-8-14-13(15)10(2)17-12-7-5-6-11(9-12)16-3/h1,5-7,9-10H,8H2,2-3H3,(H,14,15)/t10-/m0/s1. The van der Waals surface area contributed by atoms with Crippen molar-refractivity contribution in [2.75, 3.05) is 13.7 Å². The van der Waals surface area contributed by atoms with Crippen LogP contribution >= 0.6 is 11.8 Å². The summed E-state index contributed by atoms with van der Waals surface area (Å²) in [4.78, 5) is 12.6. The number of carbonyl (C=O) groups excluding carboxylic acids is 1. The number of benzene rings is 1. The maximum absolute atomic E-state index is 11.6. The van der Waals surface area contributed by atoms with Crippen molar-refractivity contribution in [3.05, 3.63) is 24.3 Å². The zero-order valence-corrected chi connectivity index (χ0v) is 10.7. The van der Waals surface area contributed by atoms with Crippen LogP contribution in [0.5, 0.6) is 5.75 Å². The van der Waals surface area contributed by atoms with Gasteiger partial charge in [-0.1, -0.05) is 12.0 Å². The third-order valence-electron chi connectivity index (χ3n) is 2.09. The van der Waals surface area contributed by atoms with Crippen LogP contribution in [-0.4, -0.2) is 24.8 Å². The Morgan fingerprint density at radius 3 is 3.06 bits per heavy atom. The molecule has 0 unspecified atom stereocenters. The van der Waals surface area contributed by atoms with Crippen molar-refractivity contribution in [3.63, 3.8) is 0 Å². The summed E-state index contributed by atoms with van der Waals surface area (Å²) in [6, 6.07) is 7.61. The van der Waals surface area contributed by atoms with Crippen molar-refractivity contribution in [3.8, 4) is 18.1 Å². The van der Waals surface area contributed by atoms with Crippen LogP contribution < -0.4 is 10.1 Å². The summed E-state index contributed by atoms with van der Waals surface area (Å²) in [7, 11) is 1.62. The largest absolute Gasteiger partial charge is 0.497 e. The van der Waals surface area contributed by atoms with Gasteiger partial charge in [0.1, 0.15) is 5.75 Å². The normalized spacial score (nSPS) is 11.4. The lowest BCUT2D eigenvalue weighted by molar-refractivity contribution is -0.120. The second kappa shape index (κ2) is 6.87. The molecule has 3 nitrogen and oxygen atoms in total. The zero-order valence-electron chi connectivity index (χ0n) is 9.90. The van der Waals surface area contributed by atoms with Crippen LogP contribution in [0.4, 0.5) is 0 Å². The van der Waals surface area contributed by atoms with Gasteiger partial charge in [0.05, 0.1) is 18.9 Å². The molecule has 1 aromatic rings. The number of hydrogen-bond acceptors (Lipinski definition) is 3. The fourth-order valence-electron chi connectivity index (χ4n) is 1.21. The first-order valence-corrected chi connectivity index (χ1v) is 6.07. The molecule has 0 heterocycles. The molecule has 1 amide bonds. The van der Waals surface area contributed by atoms with Crippen molar-refractivity contribution in [1.29, 1.82) is 0 Å². The number of nitrogens with one attached hydrogen (secondary N) is 1. The smallest absolute Gasteiger partial charge is 0.233 e. The number of methoxy groups -OCH3 is 1. The summed E-state index contributed by atoms with van der Waals surface area (Å²) in [5, 5.41) is 2.47. The van der Waals surface area contributed by atoms with E-state index in [1.165, 1.54) is 11.8 Å². The van der Waals surface area contributed by atoms with E-state index in [9.17, 15) is 4.79 Å². The molecule has 90 valence electrons. The highest BCUT2D eigenvalue weighted by molar-refractivity contribution is 8.00. The Morgan fingerprint density at radius 1 is 1.65 bits per heavy atom. The summed E-state index contributed by atoms with van der Waals surface area (Å²) in [5.74, 6) is 3.10. The SMILES string of the molecule is C#CCNC(=O)[C@H](C)Sc1cccc(OC)c1. The first-order chi connectivity index (χ1) is 8.17. The fourth-order valence-corrected chi connectivity index (χ4v) is 2.15. The molecule has 1 rings (SSSR count). The molecule has 0 spiro atoms. The topological polar surface area (TPSA) is 38.3 Å². The maximum atomic E-state index is 11.6. The highest BCUT2D eigenvalue weighted by Gasteiger charge is 2.13. The minimum absolute atomic E-state index is 0.0595. The molecule has 1 atom stereocenters. The van der Waals surface area contributed by atoms with Crippen LogP contribution in [0, 0.1) is 12.3 Å². The van der Waals surface area contributed by atoms with Gasteiger partial charge >= 0.3 is 0 Å². The van der Waals surface area contributed by atoms with Crippen LogP contribution in [0.3, 0.4) is 0 Å². The van der Waals surface area contributed by atoms with Gasteiger partial charge in [0, 0.05) is 4.90 Å². The quantitative estimate of drug-likeness (QED) is 0.640. The van der Waals surface area contributed by atoms with E-state index in [1.54, 1.807) is 7.11 Å². The number of terminal acetylenes is 1. The van der Waals surface area contributed by atoms with Gasteiger partial charge in [-0.15, -0.1) is 18.2 Å². The predicted octanol–water partition coefficient (Wildman–Crippen LogP) is 1.93. The predicted molar refractivity (Wildman–Crippen MR) is 70.2 cm³/mol. The third-order valence-corrected chi connectivity index (χ3v) is 3.18. The molecule has 4 heteroatoms. The number of ether oxygens (including phenoxy) is 1. The van der Waals surface area contributed by atoms with E-state index in [0.29, 0.717) is 0 Å². The summed E-state index contributed by atoms with van der Waals surface area (Å²) < 4.78 is 5.12. The molecule has 0 bridgehead atoms. The monoisotopic (exact) mass is 249 g/mol. The molecule has 0 saturated carbocycles. The van der Waals surface area contributed by atoms with Gasteiger partial charge in [0.25, 0.3) is 0 Å². The highest BCUT2D eigenvalue weighted by atomic mass is 32.2. The average molecular weight is 249 g/mol. The number of rotatable bonds is 5. The van der Waals surface area contributed by atoms with Crippen LogP contribution in [0.2, 0.25) is 0 Å². The first kappa shape index (κ1) is 13.5.